The van der Waals surface area contributed by atoms with E-state index < -0.39 is 30.3 Å². The third-order valence-corrected chi connectivity index (χ3v) is 2.36. The molecular formula is C11H11ClN2O5. The number of hydrogen-bond acceptors (Lipinski definition) is 4. The van der Waals surface area contributed by atoms with Gasteiger partial charge in [-0.15, -0.1) is 0 Å². The first-order valence-corrected chi connectivity index (χ1v) is 5.57. The van der Waals surface area contributed by atoms with Gasteiger partial charge < -0.3 is 15.5 Å². The Morgan fingerprint density at radius 3 is 2.47 bits per heavy atom. The number of pyridine rings is 1. The fourth-order valence-electron chi connectivity index (χ4n) is 1.38. The SMILES string of the molecule is Cc1cc(C(=O)N[C@@H](CC(=O)O)C(=O)O)cc(Cl)n1. The Balaban J connectivity index is 2.87. The number of carbonyl (C=O) groups excluding carboxylic acids is 1. The van der Waals surface area contributed by atoms with E-state index in [1.165, 1.54) is 12.1 Å². The predicted molar refractivity (Wildman–Crippen MR) is 65.1 cm³/mol. The average molecular weight is 287 g/mol. The van der Waals surface area contributed by atoms with Crippen molar-refractivity contribution in [3.8, 4) is 0 Å². The van der Waals surface area contributed by atoms with Crippen LogP contribution in [0.2, 0.25) is 5.15 Å². The maximum atomic E-state index is 11.8. The molecule has 0 saturated heterocycles. The summed E-state index contributed by atoms with van der Waals surface area (Å²) in [5.41, 5.74) is 0.608. The molecular weight excluding hydrogens is 276 g/mol. The lowest BCUT2D eigenvalue weighted by Gasteiger charge is -2.12. The third-order valence-electron chi connectivity index (χ3n) is 2.17. The van der Waals surface area contributed by atoms with Crippen LogP contribution in [0.25, 0.3) is 0 Å². The highest BCUT2D eigenvalue weighted by atomic mass is 35.5. The lowest BCUT2D eigenvalue weighted by molar-refractivity contribution is -0.145. The second kappa shape index (κ2) is 6.14. The van der Waals surface area contributed by atoms with Gasteiger partial charge in [0.05, 0.1) is 6.42 Å². The monoisotopic (exact) mass is 286 g/mol. The van der Waals surface area contributed by atoms with E-state index >= 15 is 0 Å². The van der Waals surface area contributed by atoms with Crippen LogP contribution in [-0.4, -0.2) is 39.1 Å². The Hall–Kier alpha value is -2.15. The molecule has 0 spiro atoms. The number of nitrogens with one attached hydrogen (secondary N) is 1. The molecule has 0 unspecified atom stereocenters. The number of carbonyl (C=O) groups is 3. The quantitative estimate of drug-likeness (QED) is 0.686. The van der Waals surface area contributed by atoms with Crippen LogP contribution in [0.15, 0.2) is 12.1 Å². The van der Waals surface area contributed by atoms with Gasteiger partial charge in [-0.1, -0.05) is 11.6 Å². The number of aryl methyl sites for hydroxylation is 1. The average Bonchev–Trinajstić information content (AvgIpc) is 2.25. The van der Waals surface area contributed by atoms with Crippen LogP contribution in [-0.2, 0) is 9.59 Å². The van der Waals surface area contributed by atoms with Crippen molar-refractivity contribution < 1.29 is 24.6 Å². The fraction of sp³-hybridized carbons (Fsp3) is 0.273. The maximum Gasteiger partial charge on any atom is 0.326 e. The maximum absolute atomic E-state index is 11.8. The Labute approximate surface area is 113 Å². The number of amides is 1. The van der Waals surface area contributed by atoms with Gasteiger partial charge in [0.2, 0.25) is 0 Å². The van der Waals surface area contributed by atoms with Gasteiger partial charge in [0.15, 0.2) is 0 Å². The summed E-state index contributed by atoms with van der Waals surface area (Å²) in [5.74, 6) is -3.47. The zero-order valence-electron chi connectivity index (χ0n) is 9.88. The molecule has 1 atom stereocenters. The van der Waals surface area contributed by atoms with Gasteiger partial charge in [0.1, 0.15) is 11.2 Å². The van der Waals surface area contributed by atoms with E-state index in [9.17, 15) is 14.4 Å². The van der Waals surface area contributed by atoms with Gasteiger partial charge in [-0.25, -0.2) is 9.78 Å². The summed E-state index contributed by atoms with van der Waals surface area (Å²) >= 11 is 5.68. The molecule has 3 N–H and O–H groups in total. The molecule has 1 rings (SSSR count). The summed E-state index contributed by atoms with van der Waals surface area (Å²) < 4.78 is 0. The van der Waals surface area contributed by atoms with Gasteiger partial charge in [0.25, 0.3) is 5.91 Å². The molecule has 1 aromatic rings. The normalized spacial score (nSPS) is 11.7. The van der Waals surface area contributed by atoms with Crippen molar-refractivity contribution in [2.75, 3.05) is 0 Å². The molecule has 8 heteroatoms. The smallest absolute Gasteiger partial charge is 0.326 e. The van der Waals surface area contributed by atoms with Crippen LogP contribution in [0.4, 0.5) is 0 Å². The van der Waals surface area contributed by atoms with Gasteiger partial charge in [0, 0.05) is 11.3 Å². The summed E-state index contributed by atoms with van der Waals surface area (Å²) in [6, 6.07) is 1.18. The minimum Gasteiger partial charge on any atom is -0.481 e. The number of halogens is 1. The van der Waals surface area contributed by atoms with Crippen molar-refractivity contribution in [2.24, 2.45) is 0 Å². The van der Waals surface area contributed by atoms with Crippen molar-refractivity contribution in [3.63, 3.8) is 0 Å². The zero-order valence-corrected chi connectivity index (χ0v) is 10.6. The van der Waals surface area contributed by atoms with Crippen molar-refractivity contribution in [2.45, 2.75) is 19.4 Å². The number of hydrogen-bond donors (Lipinski definition) is 3. The largest absolute Gasteiger partial charge is 0.481 e. The minimum absolute atomic E-state index is 0.0928. The number of carboxylic acids is 2. The van der Waals surface area contributed by atoms with Gasteiger partial charge in [-0.2, -0.15) is 0 Å². The van der Waals surface area contributed by atoms with Crippen LogP contribution in [0.3, 0.4) is 0 Å². The highest BCUT2D eigenvalue weighted by molar-refractivity contribution is 6.29. The Morgan fingerprint density at radius 2 is 2.00 bits per heavy atom. The first-order chi connectivity index (χ1) is 8.79. The predicted octanol–water partition coefficient (Wildman–Crippen LogP) is 0.701. The molecule has 102 valence electrons. The second-order valence-electron chi connectivity index (χ2n) is 3.78. The molecule has 0 saturated carbocycles. The van der Waals surface area contributed by atoms with E-state index in [2.05, 4.69) is 10.3 Å². The highest BCUT2D eigenvalue weighted by Gasteiger charge is 2.23. The summed E-state index contributed by atoms with van der Waals surface area (Å²) in [7, 11) is 0. The Bertz CT molecular complexity index is 512. The number of nitrogens with zero attached hydrogens (tertiary/aromatic N) is 1. The van der Waals surface area contributed by atoms with Crippen LogP contribution in [0.5, 0.6) is 0 Å². The standard InChI is InChI=1S/C11H11ClN2O5/c1-5-2-6(3-8(12)13-5)10(17)14-7(11(18)19)4-9(15)16/h2-3,7H,4H2,1H3,(H,14,17)(H,15,16)(H,18,19)/t7-/m0/s1. The van der Waals surface area contributed by atoms with E-state index in [1.807, 2.05) is 0 Å². The topological polar surface area (TPSA) is 117 Å². The molecule has 0 aliphatic heterocycles. The number of aromatic nitrogens is 1. The molecule has 19 heavy (non-hydrogen) atoms. The molecule has 0 aliphatic rings. The van der Waals surface area contributed by atoms with Crippen LogP contribution < -0.4 is 5.32 Å². The molecule has 0 bridgehead atoms. The van der Waals surface area contributed by atoms with Crippen molar-refractivity contribution >= 4 is 29.4 Å². The number of carboxylic acid groups (broad SMARTS) is 2. The first kappa shape index (κ1) is 14.9. The Morgan fingerprint density at radius 1 is 1.37 bits per heavy atom. The molecule has 0 radical (unpaired) electrons. The number of aliphatic carboxylic acids is 2. The van der Waals surface area contributed by atoms with E-state index in [1.54, 1.807) is 6.92 Å². The third kappa shape index (κ3) is 4.55. The van der Waals surface area contributed by atoms with Gasteiger partial charge >= 0.3 is 11.9 Å². The lowest BCUT2D eigenvalue weighted by Crippen LogP contribution is -2.42. The molecule has 0 fully saturated rings. The highest BCUT2D eigenvalue weighted by Crippen LogP contribution is 2.10. The summed E-state index contributed by atoms with van der Waals surface area (Å²) in [5, 5.41) is 19.6. The number of rotatable bonds is 5. The molecule has 7 nitrogen and oxygen atoms in total. The second-order valence-corrected chi connectivity index (χ2v) is 4.17. The molecule has 1 heterocycles. The Kier molecular flexibility index (Phi) is 4.82. The van der Waals surface area contributed by atoms with E-state index in [-0.39, 0.29) is 10.7 Å². The summed E-state index contributed by atoms with van der Waals surface area (Å²) in [6.07, 6.45) is -0.709. The van der Waals surface area contributed by atoms with Crippen LogP contribution in [0, 0.1) is 6.92 Å². The first-order valence-electron chi connectivity index (χ1n) is 5.19. The molecule has 1 aromatic heterocycles. The summed E-state index contributed by atoms with van der Waals surface area (Å²) in [6.45, 7) is 1.62. The van der Waals surface area contributed by atoms with E-state index in [4.69, 9.17) is 21.8 Å². The van der Waals surface area contributed by atoms with E-state index in [0.717, 1.165) is 0 Å². The molecule has 0 aliphatic carbocycles. The summed E-state index contributed by atoms with van der Waals surface area (Å²) in [4.78, 5) is 37.0. The molecule has 0 aromatic carbocycles. The van der Waals surface area contributed by atoms with Crippen LogP contribution in [0.1, 0.15) is 22.5 Å². The fourth-order valence-corrected chi connectivity index (χ4v) is 1.63. The van der Waals surface area contributed by atoms with Crippen molar-refractivity contribution in [1.82, 2.24) is 10.3 Å². The molecule has 1 amide bonds. The van der Waals surface area contributed by atoms with Gasteiger partial charge in [-0.05, 0) is 19.1 Å². The van der Waals surface area contributed by atoms with E-state index in [0.29, 0.717) is 5.69 Å². The van der Waals surface area contributed by atoms with Gasteiger partial charge in [-0.3, -0.25) is 9.59 Å². The zero-order chi connectivity index (χ0) is 14.6. The minimum atomic E-state index is -1.50. The van der Waals surface area contributed by atoms with Crippen molar-refractivity contribution in [3.05, 3.63) is 28.5 Å². The lowest BCUT2D eigenvalue weighted by atomic mass is 10.1. The van der Waals surface area contributed by atoms with Crippen molar-refractivity contribution in [1.29, 1.82) is 0 Å². The van der Waals surface area contributed by atoms with Crippen LogP contribution >= 0.6 is 11.6 Å².